The standard InChI is InChI=1S/C15H30N2O2S/c1-15(2,3)20(18,19)17-12-6-4-5-7-14(17)13-8-10-16-11-9-13/h13-14,16H,4-12H2,1-3H3. The van der Waals surface area contributed by atoms with E-state index in [1.54, 1.807) is 0 Å². The van der Waals surface area contributed by atoms with Gasteiger partial charge in [0.15, 0.2) is 0 Å². The summed E-state index contributed by atoms with van der Waals surface area (Å²) in [6.07, 6.45) is 6.61. The van der Waals surface area contributed by atoms with E-state index < -0.39 is 14.8 Å². The summed E-state index contributed by atoms with van der Waals surface area (Å²) in [5.74, 6) is 0.534. The predicted octanol–water partition coefficient (Wildman–Crippen LogP) is 2.36. The second-order valence-electron chi connectivity index (χ2n) is 7.23. The molecule has 0 aliphatic carbocycles. The molecule has 2 heterocycles. The normalized spacial score (nSPS) is 28.2. The van der Waals surface area contributed by atoms with Crippen molar-refractivity contribution >= 4 is 10.0 Å². The molecule has 0 bridgehead atoms. The molecule has 2 fully saturated rings. The van der Waals surface area contributed by atoms with Crippen LogP contribution in [0, 0.1) is 5.92 Å². The molecule has 5 heteroatoms. The van der Waals surface area contributed by atoms with Crippen molar-refractivity contribution in [3.8, 4) is 0 Å². The highest BCUT2D eigenvalue weighted by Gasteiger charge is 2.42. The van der Waals surface area contributed by atoms with Crippen molar-refractivity contribution in [2.24, 2.45) is 5.92 Å². The molecule has 0 aromatic heterocycles. The van der Waals surface area contributed by atoms with E-state index in [0.717, 1.165) is 45.2 Å². The smallest absolute Gasteiger partial charge is 0.219 e. The van der Waals surface area contributed by atoms with Crippen LogP contribution in [0.1, 0.15) is 59.3 Å². The minimum absolute atomic E-state index is 0.226. The molecule has 1 atom stereocenters. The van der Waals surface area contributed by atoms with Crippen molar-refractivity contribution in [3.63, 3.8) is 0 Å². The molecule has 0 radical (unpaired) electrons. The Morgan fingerprint density at radius 3 is 2.25 bits per heavy atom. The van der Waals surface area contributed by atoms with Gasteiger partial charge in [-0.2, -0.15) is 4.31 Å². The second kappa shape index (κ2) is 6.32. The lowest BCUT2D eigenvalue weighted by Crippen LogP contribution is -2.51. The van der Waals surface area contributed by atoms with Gasteiger partial charge in [0.1, 0.15) is 0 Å². The van der Waals surface area contributed by atoms with Crippen LogP contribution < -0.4 is 5.32 Å². The third-order valence-corrected chi connectivity index (χ3v) is 7.38. The number of sulfonamides is 1. The molecule has 118 valence electrons. The van der Waals surface area contributed by atoms with Crippen LogP contribution in [0.15, 0.2) is 0 Å². The fraction of sp³-hybridized carbons (Fsp3) is 1.00. The van der Waals surface area contributed by atoms with Crippen LogP contribution in [0.3, 0.4) is 0 Å². The minimum atomic E-state index is -3.21. The van der Waals surface area contributed by atoms with Gasteiger partial charge >= 0.3 is 0 Å². The molecule has 2 saturated heterocycles. The summed E-state index contributed by atoms with van der Waals surface area (Å²) in [6.45, 7) is 8.26. The van der Waals surface area contributed by atoms with Gasteiger partial charge in [0.25, 0.3) is 0 Å². The quantitative estimate of drug-likeness (QED) is 0.852. The van der Waals surface area contributed by atoms with Gasteiger partial charge < -0.3 is 5.32 Å². The first-order chi connectivity index (χ1) is 9.34. The molecule has 20 heavy (non-hydrogen) atoms. The van der Waals surface area contributed by atoms with Gasteiger partial charge in [-0.15, -0.1) is 0 Å². The maximum atomic E-state index is 12.9. The molecule has 2 aliphatic heterocycles. The average Bonchev–Trinajstić information content (AvgIpc) is 2.64. The number of rotatable bonds is 2. The van der Waals surface area contributed by atoms with Crippen molar-refractivity contribution in [3.05, 3.63) is 0 Å². The largest absolute Gasteiger partial charge is 0.317 e. The second-order valence-corrected chi connectivity index (χ2v) is 9.88. The first-order valence-electron chi connectivity index (χ1n) is 8.06. The van der Waals surface area contributed by atoms with Gasteiger partial charge in [0, 0.05) is 12.6 Å². The predicted molar refractivity (Wildman–Crippen MR) is 83.2 cm³/mol. The van der Waals surface area contributed by atoms with Crippen LogP contribution in [0.4, 0.5) is 0 Å². The summed E-state index contributed by atoms with van der Waals surface area (Å²) in [6, 6.07) is 0.226. The van der Waals surface area contributed by atoms with Crippen LogP contribution in [-0.4, -0.2) is 43.1 Å². The van der Waals surface area contributed by atoms with E-state index in [4.69, 9.17) is 0 Å². The Morgan fingerprint density at radius 1 is 1.00 bits per heavy atom. The van der Waals surface area contributed by atoms with Crippen molar-refractivity contribution in [2.75, 3.05) is 19.6 Å². The maximum Gasteiger partial charge on any atom is 0.219 e. The molecule has 1 N–H and O–H groups in total. The van der Waals surface area contributed by atoms with Crippen molar-refractivity contribution in [1.82, 2.24) is 9.62 Å². The van der Waals surface area contributed by atoms with E-state index in [2.05, 4.69) is 5.32 Å². The highest BCUT2D eigenvalue weighted by molar-refractivity contribution is 7.90. The molecule has 0 aromatic carbocycles. The maximum absolute atomic E-state index is 12.9. The third kappa shape index (κ3) is 3.37. The lowest BCUT2D eigenvalue weighted by atomic mass is 9.88. The fourth-order valence-electron chi connectivity index (χ4n) is 3.46. The van der Waals surface area contributed by atoms with E-state index in [0.29, 0.717) is 12.5 Å². The Labute approximate surface area is 124 Å². The topological polar surface area (TPSA) is 49.4 Å². The number of nitrogens with zero attached hydrogens (tertiary/aromatic N) is 1. The SMILES string of the molecule is CC(C)(C)S(=O)(=O)N1CCCCCC1C1CCNCC1. The molecular weight excluding hydrogens is 272 g/mol. The zero-order valence-corrected chi connectivity index (χ0v) is 14.0. The number of hydrogen-bond acceptors (Lipinski definition) is 3. The van der Waals surface area contributed by atoms with Crippen molar-refractivity contribution in [2.45, 2.75) is 70.1 Å². The van der Waals surface area contributed by atoms with Crippen LogP contribution >= 0.6 is 0 Å². The van der Waals surface area contributed by atoms with E-state index in [-0.39, 0.29) is 6.04 Å². The summed E-state index contributed by atoms with van der Waals surface area (Å²) >= 11 is 0. The van der Waals surface area contributed by atoms with Gasteiger partial charge in [0.2, 0.25) is 10.0 Å². The summed E-state index contributed by atoms with van der Waals surface area (Å²) in [5, 5.41) is 3.39. The van der Waals surface area contributed by atoms with Crippen molar-refractivity contribution in [1.29, 1.82) is 0 Å². The monoisotopic (exact) mass is 302 g/mol. The summed E-state index contributed by atoms with van der Waals surface area (Å²) in [5.41, 5.74) is 0. The zero-order chi connectivity index (χ0) is 14.8. The van der Waals surface area contributed by atoms with Crippen molar-refractivity contribution < 1.29 is 8.42 Å². The number of piperidine rings is 1. The Balaban J connectivity index is 2.25. The molecule has 2 aliphatic rings. The molecule has 2 rings (SSSR count). The van der Waals surface area contributed by atoms with Crippen LogP contribution in [0.2, 0.25) is 0 Å². The number of hydrogen-bond donors (Lipinski definition) is 1. The molecule has 1 unspecified atom stereocenters. The van der Waals surface area contributed by atoms with E-state index in [1.807, 2.05) is 25.1 Å². The molecular formula is C15H30N2O2S. The van der Waals surface area contributed by atoms with E-state index in [1.165, 1.54) is 6.42 Å². The first kappa shape index (κ1) is 16.2. The Kier molecular flexibility index (Phi) is 5.14. The van der Waals surface area contributed by atoms with Gasteiger partial charge in [-0.25, -0.2) is 8.42 Å². The van der Waals surface area contributed by atoms with Crippen LogP contribution in [0.5, 0.6) is 0 Å². The van der Waals surface area contributed by atoms with Gasteiger partial charge in [-0.1, -0.05) is 12.8 Å². The molecule has 4 nitrogen and oxygen atoms in total. The fourth-order valence-corrected chi connectivity index (χ4v) is 5.16. The molecule has 0 spiro atoms. The molecule has 0 aromatic rings. The van der Waals surface area contributed by atoms with Crippen LogP contribution in [0.25, 0.3) is 0 Å². The van der Waals surface area contributed by atoms with Crippen LogP contribution in [-0.2, 0) is 10.0 Å². The van der Waals surface area contributed by atoms with Gasteiger partial charge in [-0.3, -0.25) is 0 Å². The Bertz CT molecular complexity index is 408. The minimum Gasteiger partial charge on any atom is -0.317 e. The summed E-state index contributed by atoms with van der Waals surface area (Å²) < 4.78 is 27.0. The highest BCUT2D eigenvalue weighted by atomic mass is 32.2. The summed E-state index contributed by atoms with van der Waals surface area (Å²) in [7, 11) is -3.21. The highest BCUT2D eigenvalue weighted by Crippen LogP contribution is 2.33. The molecule has 0 saturated carbocycles. The average molecular weight is 302 g/mol. The Morgan fingerprint density at radius 2 is 1.65 bits per heavy atom. The zero-order valence-electron chi connectivity index (χ0n) is 13.2. The lowest BCUT2D eigenvalue weighted by Gasteiger charge is -2.40. The first-order valence-corrected chi connectivity index (χ1v) is 9.50. The van der Waals surface area contributed by atoms with Gasteiger partial charge in [0.05, 0.1) is 4.75 Å². The van der Waals surface area contributed by atoms with E-state index >= 15 is 0 Å². The van der Waals surface area contributed by atoms with Gasteiger partial charge in [-0.05, 0) is 65.5 Å². The lowest BCUT2D eigenvalue weighted by molar-refractivity contribution is 0.195. The summed E-state index contributed by atoms with van der Waals surface area (Å²) in [4.78, 5) is 0. The van der Waals surface area contributed by atoms with E-state index in [9.17, 15) is 8.42 Å². The third-order valence-electron chi connectivity index (χ3n) is 4.76. The number of nitrogens with one attached hydrogen (secondary N) is 1. The Hall–Kier alpha value is -0.130. The molecule has 0 amide bonds.